The number of rotatable bonds is 38. The van der Waals surface area contributed by atoms with Crippen molar-refractivity contribution in [2.75, 3.05) is 13.1 Å². The number of carbonyl (C=O) groups is 10. The number of carboxylic acid groups (broad SMARTS) is 2. The number of para-hydroxylation sites is 1. The maximum absolute atomic E-state index is 14.9. The van der Waals surface area contributed by atoms with E-state index in [0.717, 1.165) is 16.5 Å². The zero-order valence-electron chi connectivity index (χ0n) is 53.8. The van der Waals surface area contributed by atoms with Crippen LogP contribution in [-0.2, 0) is 80.0 Å². The summed E-state index contributed by atoms with van der Waals surface area (Å²) in [4.78, 5) is 144. The van der Waals surface area contributed by atoms with Crippen molar-refractivity contribution in [3.8, 4) is 5.75 Å². The van der Waals surface area contributed by atoms with E-state index in [9.17, 15) is 63.3 Å². The van der Waals surface area contributed by atoms with Crippen LogP contribution in [0.5, 0.6) is 5.75 Å². The van der Waals surface area contributed by atoms with Crippen molar-refractivity contribution in [1.82, 2.24) is 58.2 Å². The molecule has 29 heteroatoms. The standard InChI is InChI=1S/C68H86N16O13/c1-39(2)57(84-64(94)53(34-42-20-10-5-11-21-42)80-59(89)49(24-14-30-74-67(70)71)77-58(88)47(69)36-44-38-76-48-23-13-12-22-46(44)48)65(95)82-52(33-41-18-8-4-9-19-41)61(91)78-50(25-15-31-75-68(72)73)60(90)79-51(32-40-16-6-3-7-17-40)62(92)81-54(37-56(86)87)63(93)83-55(66(96)97)35-43-26-28-45(85)29-27-43/h3-13,16-23,26-29,38-39,47,49-55,57,76,85H,14-15,24-25,30-37,69H2,1-2H3,(H,77,88)(H,78,91)(H,79,90)(H,80,89)(H,81,92)(H,82,95)(H,83,93)(H,84,94)(H,86,87)(H,96,97)(H4,70,71,74)(H4,72,73,75)/t47-,49-,50-,51-,52-,53-,54-,55-,57-/m0/s1. The van der Waals surface area contributed by atoms with E-state index in [-0.39, 0.29) is 82.6 Å². The van der Waals surface area contributed by atoms with Gasteiger partial charge in [-0.25, -0.2) is 4.79 Å². The first-order valence-corrected chi connectivity index (χ1v) is 31.6. The number of hydrogen-bond donors (Lipinski definition) is 19. The molecule has 5 aromatic carbocycles. The minimum atomic E-state index is -1.89. The van der Waals surface area contributed by atoms with Crippen LogP contribution in [-0.4, -0.2) is 159 Å². The summed E-state index contributed by atoms with van der Waals surface area (Å²) < 4.78 is 0. The van der Waals surface area contributed by atoms with E-state index < -0.39 is 132 Å². The number of aromatic nitrogens is 1. The molecule has 0 bridgehead atoms. The number of H-pyrrole nitrogens is 1. The summed E-state index contributed by atoms with van der Waals surface area (Å²) in [6, 6.07) is 25.2. The lowest BCUT2D eigenvalue weighted by molar-refractivity contribution is -0.143. The average Bonchev–Trinajstić information content (AvgIpc) is 1.78. The average molecular weight is 1340 g/mol. The Bertz CT molecular complexity index is 3670. The number of nitrogens with two attached hydrogens (primary N) is 3. The van der Waals surface area contributed by atoms with Crippen LogP contribution in [0.15, 0.2) is 146 Å². The fraction of sp³-hybridized carbons (Fsp3) is 0.353. The van der Waals surface area contributed by atoms with Gasteiger partial charge >= 0.3 is 11.9 Å². The van der Waals surface area contributed by atoms with E-state index in [0.29, 0.717) is 22.3 Å². The van der Waals surface area contributed by atoms with Crippen LogP contribution >= 0.6 is 0 Å². The highest BCUT2D eigenvalue weighted by Gasteiger charge is 2.37. The molecule has 97 heavy (non-hydrogen) atoms. The van der Waals surface area contributed by atoms with E-state index in [2.05, 4.69) is 58.2 Å². The Hall–Kier alpha value is -11.4. The van der Waals surface area contributed by atoms with Crippen molar-refractivity contribution >= 4 is 82.0 Å². The third-order valence-corrected chi connectivity index (χ3v) is 15.7. The van der Waals surface area contributed by atoms with Crippen molar-refractivity contribution in [2.45, 2.75) is 132 Å². The van der Waals surface area contributed by atoms with E-state index >= 15 is 0 Å². The van der Waals surface area contributed by atoms with Gasteiger partial charge in [0.05, 0.1) is 12.5 Å². The summed E-state index contributed by atoms with van der Waals surface area (Å²) in [6.45, 7) is 3.47. The van der Waals surface area contributed by atoms with Crippen molar-refractivity contribution in [3.63, 3.8) is 0 Å². The number of phenols is 1. The molecule has 0 radical (unpaired) electrons. The number of fused-ring (bicyclic) bond motifs is 1. The third kappa shape index (κ3) is 24.8. The Morgan fingerprint density at radius 1 is 0.443 bits per heavy atom. The van der Waals surface area contributed by atoms with Gasteiger partial charge in [-0.1, -0.05) is 135 Å². The van der Waals surface area contributed by atoms with Crippen molar-refractivity contribution in [3.05, 3.63) is 174 Å². The predicted molar refractivity (Wildman–Crippen MR) is 361 cm³/mol. The quantitative estimate of drug-likeness (QED) is 0.0141. The van der Waals surface area contributed by atoms with E-state index in [1.165, 1.54) is 24.3 Å². The molecule has 22 N–H and O–H groups in total. The molecule has 0 aliphatic carbocycles. The molecule has 0 fully saturated rings. The summed E-state index contributed by atoms with van der Waals surface area (Å²) in [5.74, 6) is -11.7. The molecule has 8 amide bonds. The summed E-state index contributed by atoms with van der Waals surface area (Å²) in [5.41, 5.74) is 21.2. The van der Waals surface area contributed by atoms with E-state index in [1.54, 1.807) is 111 Å². The summed E-state index contributed by atoms with van der Waals surface area (Å²) in [6.07, 6.45) is 0.174. The Balaban J connectivity index is 1.24. The molecule has 0 unspecified atom stereocenters. The number of aromatic amines is 1. The highest BCUT2D eigenvalue weighted by atomic mass is 16.4. The topological polar surface area (TPSA) is 493 Å². The van der Waals surface area contributed by atoms with Crippen LogP contribution in [0.1, 0.15) is 73.8 Å². The van der Waals surface area contributed by atoms with Gasteiger partial charge in [-0.3, -0.25) is 54.0 Å². The number of phenolic OH excluding ortho intramolecular Hbond substituents is 1. The number of carboxylic acids is 2. The SMILES string of the molecule is CC(C)[C@H](NC(=O)[C@H](Cc1ccccc1)NC(=O)[C@H](CCCNC(=N)N)NC(=O)[C@@H](N)Cc1c[nH]c2ccccc12)C(=O)N[C@@H](Cc1ccccc1)C(=O)N[C@@H](CCCNC(=N)N)C(=O)N[C@@H](Cc1ccccc1)C(=O)N[C@@H](CC(=O)O)C(=O)N[C@@H](Cc1ccc(O)cc1)C(=O)O. The normalized spacial score (nSPS) is 13.8. The monoisotopic (exact) mass is 1330 g/mol. The first-order chi connectivity index (χ1) is 46.3. The van der Waals surface area contributed by atoms with Crippen LogP contribution in [0.2, 0.25) is 0 Å². The number of nitrogens with one attached hydrogen (secondary N) is 13. The fourth-order valence-corrected chi connectivity index (χ4v) is 10.5. The lowest BCUT2D eigenvalue weighted by atomic mass is 9.99. The van der Waals surface area contributed by atoms with Gasteiger partial charge in [0.25, 0.3) is 0 Å². The summed E-state index contributed by atoms with van der Waals surface area (Å²) in [5, 5.41) is 72.2. The van der Waals surface area contributed by atoms with Gasteiger partial charge in [0, 0.05) is 55.9 Å². The second-order valence-electron chi connectivity index (χ2n) is 23.7. The summed E-state index contributed by atoms with van der Waals surface area (Å²) >= 11 is 0. The van der Waals surface area contributed by atoms with Crippen LogP contribution in [0.4, 0.5) is 0 Å². The van der Waals surface area contributed by atoms with Gasteiger partial charge in [-0.05, 0) is 84.0 Å². The molecular formula is C68H86N16O13. The van der Waals surface area contributed by atoms with Crippen molar-refractivity contribution < 1.29 is 63.3 Å². The van der Waals surface area contributed by atoms with Crippen molar-refractivity contribution in [2.24, 2.45) is 23.1 Å². The van der Waals surface area contributed by atoms with Gasteiger partial charge in [0.1, 0.15) is 54.1 Å². The molecule has 0 spiro atoms. The lowest BCUT2D eigenvalue weighted by Crippen LogP contribution is -2.61. The van der Waals surface area contributed by atoms with Gasteiger partial charge in [0.15, 0.2) is 11.9 Å². The fourth-order valence-electron chi connectivity index (χ4n) is 10.5. The molecular weight excluding hydrogens is 1250 g/mol. The number of amides is 8. The molecule has 0 saturated heterocycles. The van der Waals surface area contributed by atoms with Crippen LogP contribution in [0, 0.1) is 16.7 Å². The van der Waals surface area contributed by atoms with Gasteiger partial charge in [-0.2, -0.15) is 0 Å². The maximum Gasteiger partial charge on any atom is 0.326 e. The van der Waals surface area contributed by atoms with E-state index in [1.807, 2.05) is 24.3 Å². The van der Waals surface area contributed by atoms with Gasteiger partial charge in [0.2, 0.25) is 47.3 Å². The number of hydrogen-bond acceptors (Lipinski definition) is 14. The Labute approximate surface area is 560 Å². The Morgan fingerprint density at radius 2 is 0.814 bits per heavy atom. The molecule has 6 aromatic rings. The molecule has 0 aliphatic heterocycles. The second-order valence-corrected chi connectivity index (χ2v) is 23.7. The molecule has 1 aromatic heterocycles. The Morgan fingerprint density at radius 3 is 1.27 bits per heavy atom. The molecule has 9 atom stereocenters. The predicted octanol–water partition coefficient (Wildman–Crippen LogP) is 0.334. The minimum Gasteiger partial charge on any atom is -0.508 e. The molecule has 516 valence electrons. The smallest absolute Gasteiger partial charge is 0.326 e. The maximum atomic E-state index is 14.9. The third-order valence-electron chi connectivity index (χ3n) is 15.7. The number of benzene rings is 5. The first-order valence-electron chi connectivity index (χ1n) is 31.6. The zero-order valence-corrected chi connectivity index (χ0v) is 53.8. The molecule has 0 saturated carbocycles. The van der Waals surface area contributed by atoms with Gasteiger partial charge < -0.3 is 90.7 Å². The van der Waals surface area contributed by atoms with E-state index in [4.69, 9.17) is 28.0 Å². The van der Waals surface area contributed by atoms with Crippen molar-refractivity contribution in [1.29, 1.82) is 10.8 Å². The highest BCUT2D eigenvalue weighted by molar-refractivity contribution is 5.99. The highest BCUT2D eigenvalue weighted by Crippen LogP contribution is 2.20. The molecule has 1 heterocycles. The Kier molecular flexibility index (Phi) is 28.9. The second kappa shape index (κ2) is 37.5. The number of aromatic hydroxyl groups is 1. The number of aliphatic carboxylic acids is 2. The van der Waals surface area contributed by atoms with Crippen LogP contribution < -0.4 is 70.4 Å². The summed E-state index contributed by atoms with van der Waals surface area (Å²) in [7, 11) is 0. The lowest BCUT2D eigenvalue weighted by Gasteiger charge is -2.29. The first kappa shape index (κ1) is 74.7. The zero-order chi connectivity index (χ0) is 70.6. The van der Waals surface area contributed by atoms with Crippen LogP contribution in [0.25, 0.3) is 10.9 Å². The van der Waals surface area contributed by atoms with Crippen LogP contribution in [0.3, 0.4) is 0 Å². The number of carbonyl (C=O) groups excluding carboxylic acids is 8. The molecule has 6 rings (SSSR count). The molecule has 29 nitrogen and oxygen atoms in total. The largest absolute Gasteiger partial charge is 0.508 e. The molecule has 0 aliphatic rings. The van der Waals surface area contributed by atoms with Gasteiger partial charge in [-0.15, -0.1) is 0 Å². The number of guanidine groups is 2. The minimum absolute atomic E-state index is 0.0128.